The molecule has 0 heterocycles. The predicted molar refractivity (Wildman–Crippen MR) is 240 cm³/mol. The van der Waals surface area contributed by atoms with Gasteiger partial charge in [0.1, 0.15) is 0 Å². The Hall–Kier alpha value is -4.00. The van der Waals surface area contributed by atoms with E-state index in [4.69, 9.17) is 4.65 Å². The van der Waals surface area contributed by atoms with Gasteiger partial charge in [-0.3, -0.25) is 27.3 Å². The number of benzene rings is 6. The third-order valence-electron chi connectivity index (χ3n) is 9.40. The fourth-order valence-corrected chi connectivity index (χ4v) is 14.8. The molecule has 0 aliphatic carbocycles. The maximum absolute atomic E-state index is 12.6. The molecule has 357 valence electrons. The van der Waals surface area contributed by atoms with E-state index in [1.54, 1.807) is 0 Å². The van der Waals surface area contributed by atoms with Gasteiger partial charge in [0.25, 0.3) is 60.7 Å². The van der Waals surface area contributed by atoms with Crippen LogP contribution in [0.3, 0.4) is 0 Å². The summed E-state index contributed by atoms with van der Waals surface area (Å²) in [5.74, 6) is 0. The van der Waals surface area contributed by atoms with Crippen molar-refractivity contribution in [1.29, 1.82) is 0 Å². The van der Waals surface area contributed by atoms with Crippen LogP contribution in [0.4, 0.5) is 0 Å². The van der Waals surface area contributed by atoms with Gasteiger partial charge in [-0.1, -0.05) is 60.7 Å². The van der Waals surface area contributed by atoms with Crippen molar-refractivity contribution in [3.05, 3.63) is 151 Å². The zero-order valence-electron chi connectivity index (χ0n) is 33.3. The summed E-state index contributed by atoms with van der Waals surface area (Å²) in [5.41, 5.74) is 0.314. The first kappa shape index (κ1) is 55.6. The molecule has 6 rings (SSSR count). The molecule has 0 saturated heterocycles. The van der Waals surface area contributed by atoms with E-state index in [0.29, 0.717) is 0 Å². The maximum Gasteiger partial charge on any atom is 0 e. The average molecular weight is 1160 g/mol. The van der Waals surface area contributed by atoms with Crippen molar-refractivity contribution in [3.8, 4) is 11.1 Å². The molecule has 0 fully saturated rings. The van der Waals surface area contributed by atoms with Gasteiger partial charge in [0.2, 0.25) is 0 Å². The van der Waals surface area contributed by atoms with Gasteiger partial charge in [-0.05, 0) is 132 Å². The maximum atomic E-state index is 12.6. The van der Waals surface area contributed by atoms with Crippen LogP contribution in [0.25, 0.3) is 11.1 Å². The normalized spacial score (nSPS) is 12.5. The van der Waals surface area contributed by atoms with E-state index in [2.05, 4.69) is 6.65 Å². The summed E-state index contributed by atoms with van der Waals surface area (Å²) in [7, 11) is -33.4. The summed E-state index contributed by atoms with van der Waals surface area (Å²) in [6.45, 7) is 4.50. The van der Waals surface area contributed by atoms with E-state index in [1.165, 1.54) is 60.7 Å². The first-order chi connectivity index (χ1) is 30.5. The first-order valence-corrected chi connectivity index (χ1v) is 29.5. The van der Waals surface area contributed by atoms with Crippen molar-refractivity contribution in [2.75, 3.05) is 0 Å². The molecule has 67 heavy (non-hydrogen) atoms. The van der Waals surface area contributed by atoms with Gasteiger partial charge in [-0.25, -0.2) is 0 Å². The molecule has 0 spiro atoms. The Labute approximate surface area is 400 Å². The van der Waals surface area contributed by atoms with Gasteiger partial charge >= 0.3 is 11.3 Å². The van der Waals surface area contributed by atoms with Gasteiger partial charge in [-0.2, -0.15) is 50.5 Å². The minimum Gasteiger partial charge on any atom is 0 e. The summed E-state index contributed by atoms with van der Waals surface area (Å²) in [6.07, 6.45) is -0.641. The fourth-order valence-electron chi connectivity index (χ4n) is 6.50. The number of rotatable bonds is 15. The number of hydrogen-bond donors (Lipinski definition) is 6. The molecular weight excluding hydrogens is 1130 g/mol. The van der Waals surface area contributed by atoms with E-state index in [9.17, 15) is 77.8 Å². The summed E-state index contributed by atoms with van der Waals surface area (Å²) in [6, 6.07) is 26.1. The van der Waals surface area contributed by atoms with E-state index in [1.807, 2.05) is 0 Å². The Morgan fingerprint density at radius 3 is 0.761 bits per heavy atom. The molecule has 0 aliphatic rings. The smallest absolute Gasteiger partial charge is 0 e. The molecule has 1 radical (unpaired) electrons. The van der Waals surface area contributed by atoms with E-state index < -0.39 is 106 Å². The predicted octanol–water partition coefficient (Wildman–Crippen LogP) is 4.06. The summed E-state index contributed by atoms with van der Waals surface area (Å²) in [4.78, 5) is -3.57. The fraction of sp³-hybridized carbons (Fsp3) is 0.0513. The van der Waals surface area contributed by atoms with Crippen LogP contribution in [0, 0.1) is 6.65 Å². The van der Waals surface area contributed by atoms with Crippen molar-refractivity contribution in [2.45, 2.75) is 41.7 Å². The Morgan fingerprint density at radius 2 is 0.552 bits per heavy atom. The first-order valence-electron chi connectivity index (χ1n) is 17.8. The van der Waals surface area contributed by atoms with Crippen LogP contribution in [0.15, 0.2) is 163 Å². The van der Waals surface area contributed by atoms with Crippen molar-refractivity contribution in [1.82, 2.24) is 0 Å². The Balaban J connectivity index is 0.00000322. The minimum atomic E-state index is -4.97. The van der Waals surface area contributed by atoms with Gasteiger partial charge in [0.05, 0.1) is 29.4 Å². The van der Waals surface area contributed by atoms with E-state index in [-0.39, 0.29) is 75.3 Å². The molecule has 0 unspecified atom stereocenters. The van der Waals surface area contributed by atoms with E-state index >= 15 is 0 Å². The summed E-state index contributed by atoms with van der Waals surface area (Å²) < 4.78 is 216. The van der Waals surface area contributed by atoms with Crippen LogP contribution in [-0.4, -0.2) is 77.8 Å². The van der Waals surface area contributed by atoms with Crippen molar-refractivity contribution >= 4 is 97.8 Å². The molecule has 0 bridgehead atoms. The van der Waals surface area contributed by atoms with Crippen LogP contribution in [0.1, 0.15) is 11.1 Å². The number of hydrogen-bond acceptors (Lipinski definition) is 12. The van der Waals surface area contributed by atoms with Crippen molar-refractivity contribution in [2.24, 2.45) is 0 Å². The van der Waals surface area contributed by atoms with E-state index in [0.717, 1.165) is 72.8 Å². The van der Waals surface area contributed by atoms with Crippen LogP contribution in [0.2, 0.25) is 0 Å². The molecule has 28 heteroatoms. The van der Waals surface area contributed by atoms with Gasteiger partial charge in [0, 0.05) is 31.8 Å². The Bertz CT molecular complexity index is 3200. The van der Waals surface area contributed by atoms with Crippen LogP contribution in [-0.2, 0) is 97.2 Å². The van der Waals surface area contributed by atoms with Crippen LogP contribution < -0.4 is 21.2 Å². The summed E-state index contributed by atoms with van der Waals surface area (Å²) >= 11 is 0. The minimum absolute atomic E-state index is 0. The van der Waals surface area contributed by atoms with Crippen molar-refractivity contribution in [3.63, 3.8) is 0 Å². The van der Waals surface area contributed by atoms with Crippen LogP contribution >= 0.6 is 15.8 Å². The quantitative estimate of drug-likeness (QED) is 0.0277. The molecule has 0 amide bonds. The van der Waals surface area contributed by atoms with Gasteiger partial charge in [-0.15, -0.1) is 0 Å². The third-order valence-corrected chi connectivity index (χ3v) is 19.4. The molecule has 0 atom stereocenters. The molecule has 19 nitrogen and oxygen atoms in total. The largest absolute Gasteiger partial charge is 0 e. The molecule has 0 saturated carbocycles. The topological polar surface area (TPSA) is 346 Å². The second kappa shape index (κ2) is 21.3. The molecule has 6 N–H and O–H groups in total. The molecule has 0 aliphatic heterocycles. The Kier molecular flexibility index (Phi) is 17.7. The van der Waals surface area contributed by atoms with Crippen molar-refractivity contribution < 1.29 is 102 Å². The Morgan fingerprint density at radius 1 is 0.343 bits per heavy atom. The molecule has 0 aromatic heterocycles. The summed E-state index contributed by atoms with van der Waals surface area (Å²) in [5, 5.41) is 0.680. The second-order valence-electron chi connectivity index (χ2n) is 13.7. The SMILES string of the molecule is O=S(=O)(O)c1cccc(P(Cc2cc(S(=O)(=O)O)ccc2-c2ccc(S(=O)(=O)O)cc2CP(c2cccc(S(=O)(=O)O)c2)c2cccc(S(=O)(=O)O)c2)c2cccc(S(=O)(=O)O)c2)c1.[C-]#[O+].[Rh]. The van der Waals surface area contributed by atoms with Gasteiger partial charge in [0.15, 0.2) is 0 Å². The third kappa shape index (κ3) is 14.1. The standard InChI is InChI=1S/C38H32O18P2S6.CO.Rh/c39-59(40,41)31-9-1-5-27(19-31)57(28-6-2-10-32(20-28)60(42,43)44)23-25-17-35(63(51,52)53)13-15-37(25)38-16-14-36(64(54,55)56)18-26(38)24-58(29-7-3-11-33(21-29)61(45,46)47)30-8-4-12-34(22-30)62(48,49)50;1-2;/h1-22H,23-24H2,(H,39,40,41)(H,42,43,44)(H,45,46,47)(H,48,49,50)(H,51,52,53)(H,54,55,56);;. The average Bonchev–Trinajstić information content (AvgIpc) is 3.23. The van der Waals surface area contributed by atoms with Gasteiger partial charge < -0.3 is 0 Å². The molecule has 6 aromatic carbocycles. The second-order valence-corrected chi connectivity index (χ2v) is 26.6. The zero-order valence-corrected chi connectivity index (χ0v) is 41.6. The molecular formula is C39H32O19P2RhS6. The molecule has 6 aromatic rings. The zero-order chi connectivity index (χ0) is 49.2. The van der Waals surface area contributed by atoms with Crippen LogP contribution in [0.5, 0.6) is 0 Å². The monoisotopic (exact) mass is 1160 g/mol.